The fourth-order valence-electron chi connectivity index (χ4n) is 2.65. The maximum Gasteiger partial charge on any atom is 0.332 e. The molecule has 0 radical (unpaired) electrons. The Morgan fingerprint density at radius 1 is 1.16 bits per heavy atom. The van der Waals surface area contributed by atoms with Gasteiger partial charge in [-0.05, 0) is 18.6 Å². The first-order valence-electron chi connectivity index (χ1n) is 8.04. The van der Waals surface area contributed by atoms with Crippen LogP contribution in [0.5, 0.6) is 11.8 Å². The molecule has 0 spiro atoms. The van der Waals surface area contributed by atoms with Crippen molar-refractivity contribution in [3.8, 4) is 11.8 Å². The highest BCUT2D eigenvalue weighted by atomic mass is 35.5. The highest BCUT2D eigenvalue weighted by Crippen LogP contribution is 2.29. The summed E-state index contributed by atoms with van der Waals surface area (Å²) in [6, 6.07) is 7.28. The van der Waals surface area contributed by atoms with Crippen LogP contribution in [-0.4, -0.2) is 18.7 Å². The number of unbranched alkanes of at least 4 members (excludes halogenated alkanes) is 1. The molecule has 0 saturated heterocycles. The molecule has 0 fully saturated rings. The van der Waals surface area contributed by atoms with E-state index in [0.717, 1.165) is 17.4 Å². The summed E-state index contributed by atoms with van der Waals surface area (Å²) >= 11 is 6.16. The largest absolute Gasteiger partial charge is 0.424 e. The fourth-order valence-corrected chi connectivity index (χ4v) is 2.83. The Bertz CT molecular complexity index is 1050. The number of nitrogens with zero attached hydrogens (tertiary/aromatic N) is 4. The van der Waals surface area contributed by atoms with Crippen molar-refractivity contribution in [2.24, 2.45) is 14.1 Å². The van der Waals surface area contributed by atoms with Crippen molar-refractivity contribution < 1.29 is 4.74 Å². The van der Waals surface area contributed by atoms with E-state index in [-0.39, 0.29) is 6.01 Å². The van der Waals surface area contributed by atoms with Crippen LogP contribution in [0.3, 0.4) is 0 Å². The van der Waals surface area contributed by atoms with Crippen molar-refractivity contribution in [1.82, 2.24) is 18.7 Å². The molecular formula is C17H19ClN4O3. The maximum absolute atomic E-state index is 12.6. The minimum absolute atomic E-state index is 0.245. The van der Waals surface area contributed by atoms with Gasteiger partial charge in [-0.15, -0.1) is 0 Å². The molecule has 0 bridgehead atoms. The first-order valence-corrected chi connectivity index (χ1v) is 8.42. The molecule has 3 aromatic rings. The molecular weight excluding hydrogens is 344 g/mol. The number of para-hydroxylation sites is 1. The SMILES string of the molecule is CCCCn1c(Oc2ccccc2Cl)nc2c1c(=O)n(C)c(=O)n2C. The molecule has 8 heteroatoms. The molecule has 0 atom stereocenters. The van der Waals surface area contributed by atoms with Gasteiger partial charge in [-0.3, -0.25) is 18.5 Å². The number of halogens is 1. The number of hydrogen-bond acceptors (Lipinski definition) is 4. The summed E-state index contributed by atoms with van der Waals surface area (Å²) in [7, 11) is 3.04. The standard InChI is InChI=1S/C17H19ClN4O3/c1-4-5-10-22-13-14(20(2)17(24)21(3)15(13)23)19-16(22)25-12-9-7-6-8-11(12)18/h6-9H,4-5,10H2,1-3H3. The Hall–Kier alpha value is -2.54. The van der Waals surface area contributed by atoms with Gasteiger partial charge in [0.25, 0.3) is 5.56 Å². The Morgan fingerprint density at radius 3 is 2.56 bits per heavy atom. The van der Waals surface area contributed by atoms with Gasteiger partial charge in [-0.25, -0.2) is 4.79 Å². The summed E-state index contributed by atoms with van der Waals surface area (Å²) in [5, 5.41) is 0.443. The lowest BCUT2D eigenvalue weighted by atomic mass is 10.3. The van der Waals surface area contributed by atoms with E-state index >= 15 is 0 Å². The average Bonchev–Trinajstić information content (AvgIpc) is 2.96. The zero-order chi connectivity index (χ0) is 18.1. The predicted molar refractivity (Wildman–Crippen MR) is 96.6 cm³/mol. The summed E-state index contributed by atoms with van der Waals surface area (Å²) in [5.41, 5.74) is -0.177. The van der Waals surface area contributed by atoms with Gasteiger partial charge >= 0.3 is 11.7 Å². The van der Waals surface area contributed by atoms with Gasteiger partial charge in [-0.1, -0.05) is 37.1 Å². The molecule has 0 N–H and O–H groups in total. The van der Waals surface area contributed by atoms with Crippen molar-refractivity contribution in [3.05, 3.63) is 50.1 Å². The van der Waals surface area contributed by atoms with Crippen LogP contribution in [0.4, 0.5) is 0 Å². The van der Waals surface area contributed by atoms with E-state index in [1.165, 1.54) is 11.6 Å². The summed E-state index contributed by atoms with van der Waals surface area (Å²) in [4.78, 5) is 29.2. The average molecular weight is 363 g/mol. The van der Waals surface area contributed by atoms with Gasteiger partial charge in [-0.2, -0.15) is 4.98 Å². The number of benzene rings is 1. The molecule has 0 aliphatic carbocycles. The van der Waals surface area contributed by atoms with Gasteiger partial charge in [0.05, 0.1) is 5.02 Å². The lowest BCUT2D eigenvalue weighted by Crippen LogP contribution is -2.37. The third-order valence-corrected chi connectivity index (χ3v) is 4.40. The molecule has 0 aliphatic heterocycles. The normalized spacial score (nSPS) is 11.2. The maximum atomic E-state index is 12.6. The molecule has 132 valence electrons. The summed E-state index contributed by atoms with van der Waals surface area (Å²) in [6.45, 7) is 2.61. The topological polar surface area (TPSA) is 71.1 Å². The van der Waals surface area contributed by atoms with Gasteiger partial charge < -0.3 is 4.74 Å². The number of fused-ring (bicyclic) bond motifs is 1. The Morgan fingerprint density at radius 2 is 1.88 bits per heavy atom. The van der Waals surface area contributed by atoms with E-state index in [2.05, 4.69) is 11.9 Å². The Balaban J connectivity index is 2.26. The lowest BCUT2D eigenvalue weighted by molar-refractivity contribution is 0.411. The van der Waals surface area contributed by atoms with Crippen molar-refractivity contribution in [2.45, 2.75) is 26.3 Å². The molecule has 25 heavy (non-hydrogen) atoms. The first kappa shape index (κ1) is 17.3. The van der Waals surface area contributed by atoms with Gasteiger partial charge in [0.1, 0.15) is 5.75 Å². The molecule has 0 aliphatic rings. The third-order valence-electron chi connectivity index (χ3n) is 4.09. The summed E-state index contributed by atoms with van der Waals surface area (Å²) in [6.07, 6.45) is 1.79. The van der Waals surface area contributed by atoms with Crippen LogP contribution in [0.25, 0.3) is 11.2 Å². The Kier molecular flexibility index (Phi) is 4.67. The molecule has 7 nitrogen and oxygen atoms in total. The van der Waals surface area contributed by atoms with Crippen LogP contribution in [0, 0.1) is 0 Å². The number of imidazole rings is 1. The second kappa shape index (κ2) is 6.76. The summed E-state index contributed by atoms with van der Waals surface area (Å²) < 4.78 is 10.0. The van der Waals surface area contributed by atoms with E-state index in [9.17, 15) is 9.59 Å². The number of rotatable bonds is 5. The number of hydrogen-bond donors (Lipinski definition) is 0. The van der Waals surface area contributed by atoms with Crippen LogP contribution in [0.2, 0.25) is 5.02 Å². The fraction of sp³-hybridized carbons (Fsp3) is 0.353. The minimum atomic E-state index is -0.429. The van der Waals surface area contributed by atoms with E-state index in [1.807, 2.05) is 0 Å². The molecule has 2 aromatic heterocycles. The monoisotopic (exact) mass is 362 g/mol. The van der Waals surface area contributed by atoms with Crippen LogP contribution in [0.15, 0.2) is 33.9 Å². The molecule has 1 aromatic carbocycles. The van der Waals surface area contributed by atoms with Gasteiger partial charge in [0.2, 0.25) is 0 Å². The highest BCUT2D eigenvalue weighted by Gasteiger charge is 2.20. The second-order valence-electron chi connectivity index (χ2n) is 5.81. The number of ether oxygens (including phenoxy) is 1. The number of aryl methyl sites for hydroxylation is 2. The van der Waals surface area contributed by atoms with E-state index < -0.39 is 11.2 Å². The second-order valence-corrected chi connectivity index (χ2v) is 6.22. The van der Waals surface area contributed by atoms with E-state index in [4.69, 9.17) is 16.3 Å². The minimum Gasteiger partial charge on any atom is -0.424 e. The van der Waals surface area contributed by atoms with Crippen molar-refractivity contribution in [3.63, 3.8) is 0 Å². The lowest BCUT2D eigenvalue weighted by Gasteiger charge is -2.10. The van der Waals surface area contributed by atoms with Crippen LogP contribution in [-0.2, 0) is 20.6 Å². The molecule has 2 heterocycles. The zero-order valence-electron chi connectivity index (χ0n) is 14.3. The third kappa shape index (κ3) is 2.95. The first-order chi connectivity index (χ1) is 12.0. The highest BCUT2D eigenvalue weighted by molar-refractivity contribution is 6.32. The number of aromatic nitrogens is 4. The molecule has 0 saturated carbocycles. The van der Waals surface area contributed by atoms with Crippen LogP contribution < -0.4 is 16.0 Å². The molecule has 0 unspecified atom stereocenters. The van der Waals surface area contributed by atoms with Crippen molar-refractivity contribution >= 4 is 22.8 Å². The van der Waals surface area contributed by atoms with E-state index in [0.29, 0.717) is 28.5 Å². The van der Waals surface area contributed by atoms with Crippen molar-refractivity contribution in [2.75, 3.05) is 0 Å². The quantitative estimate of drug-likeness (QED) is 0.699. The predicted octanol–water partition coefficient (Wildman–Crippen LogP) is 2.68. The van der Waals surface area contributed by atoms with Gasteiger partial charge in [0.15, 0.2) is 11.2 Å². The van der Waals surface area contributed by atoms with Crippen molar-refractivity contribution in [1.29, 1.82) is 0 Å². The van der Waals surface area contributed by atoms with Crippen LogP contribution >= 0.6 is 11.6 Å². The molecule has 0 amide bonds. The van der Waals surface area contributed by atoms with Gasteiger partial charge in [0, 0.05) is 20.6 Å². The van der Waals surface area contributed by atoms with E-state index in [1.54, 1.807) is 35.9 Å². The smallest absolute Gasteiger partial charge is 0.332 e. The summed E-state index contributed by atoms with van der Waals surface area (Å²) in [5.74, 6) is 0.444. The Labute approximate surface area is 149 Å². The zero-order valence-corrected chi connectivity index (χ0v) is 15.1. The molecule has 3 rings (SSSR count). The van der Waals surface area contributed by atoms with Crippen LogP contribution in [0.1, 0.15) is 19.8 Å².